The van der Waals surface area contributed by atoms with E-state index in [1.54, 1.807) is 18.4 Å². The summed E-state index contributed by atoms with van der Waals surface area (Å²) in [5, 5.41) is 4.74. The first-order valence-electron chi connectivity index (χ1n) is 9.75. The first-order valence-corrected chi connectivity index (χ1v) is 10.6. The SMILES string of the molecule is COCCOc1ccc(-c2cc3nccc(Nc4ccc5[nH]ccc5c4)c3s2)cc1. The van der Waals surface area contributed by atoms with Crippen LogP contribution in [0.2, 0.25) is 0 Å². The highest BCUT2D eigenvalue weighted by Gasteiger charge is 2.10. The molecule has 30 heavy (non-hydrogen) atoms. The van der Waals surface area contributed by atoms with Gasteiger partial charge in [0.15, 0.2) is 0 Å². The molecule has 0 aliphatic rings. The van der Waals surface area contributed by atoms with E-state index in [1.165, 1.54) is 10.3 Å². The predicted molar refractivity (Wildman–Crippen MR) is 124 cm³/mol. The van der Waals surface area contributed by atoms with Gasteiger partial charge in [0, 0.05) is 41.0 Å². The maximum Gasteiger partial charge on any atom is 0.119 e. The molecular weight excluding hydrogens is 394 g/mol. The fourth-order valence-corrected chi connectivity index (χ4v) is 4.51. The highest BCUT2D eigenvalue weighted by molar-refractivity contribution is 7.22. The Hall–Kier alpha value is -3.35. The Balaban J connectivity index is 1.42. The molecule has 5 aromatic rings. The van der Waals surface area contributed by atoms with Crippen LogP contribution in [0.3, 0.4) is 0 Å². The highest BCUT2D eigenvalue weighted by atomic mass is 32.1. The Morgan fingerprint density at radius 2 is 1.90 bits per heavy atom. The Labute approximate surface area is 178 Å². The van der Waals surface area contributed by atoms with E-state index in [-0.39, 0.29) is 0 Å². The van der Waals surface area contributed by atoms with Crippen molar-refractivity contribution in [2.45, 2.75) is 0 Å². The summed E-state index contributed by atoms with van der Waals surface area (Å²) in [5.41, 5.74) is 5.39. The van der Waals surface area contributed by atoms with Crippen LogP contribution < -0.4 is 10.1 Å². The molecule has 0 spiro atoms. The number of pyridine rings is 1. The first-order chi connectivity index (χ1) is 14.8. The zero-order chi connectivity index (χ0) is 20.3. The minimum Gasteiger partial charge on any atom is -0.491 e. The van der Waals surface area contributed by atoms with E-state index < -0.39 is 0 Å². The van der Waals surface area contributed by atoms with Crippen molar-refractivity contribution in [1.82, 2.24) is 9.97 Å². The van der Waals surface area contributed by atoms with Gasteiger partial charge in [-0.25, -0.2) is 0 Å². The number of nitrogens with zero attached hydrogens (tertiary/aromatic N) is 1. The minimum absolute atomic E-state index is 0.548. The standard InChI is InChI=1S/C24H21N3O2S/c1-28-12-13-29-19-5-2-16(3-6-19)23-15-22-24(30-23)21(9-11-26-22)27-18-4-7-20-17(14-18)8-10-25-20/h2-11,14-15,25H,12-13H2,1H3,(H,26,27). The highest BCUT2D eigenvalue weighted by Crippen LogP contribution is 2.38. The van der Waals surface area contributed by atoms with Gasteiger partial charge in [-0.05, 0) is 66.2 Å². The molecule has 2 aromatic carbocycles. The lowest BCUT2D eigenvalue weighted by Gasteiger charge is -2.07. The number of hydrogen-bond acceptors (Lipinski definition) is 5. The van der Waals surface area contributed by atoms with Gasteiger partial charge < -0.3 is 19.8 Å². The molecule has 0 atom stereocenters. The first kappa shape index (κ1) is 18.7. The molecule has 5 rings (SSSR count). The van der Waals surface area contributed by atoms with Gasteiger partial charge in [-0.15, -0.1) is 11.3 Å². The fourth-order valence-electron chi connectivity index (χ4n) is 3.42. The van der Waals surface area contributed by atoms with Crippen molar-refractivity contribution < 1.29 is 9.47 Å². The van der Waals surface area contributed by atoms with Crippen LogP contribution in [0.5, 0.6) is 5.75 Å². The number of rotatable bonds is 7. The molecule has 150 valence electrons. The molecule has 3 heterocycles. The molecule has 0 bridgehead atoms. The monoisotopic (exact) mass is 415 g/mol. The van der Waals surface area contributed by atoms with Gasteiger partial charge >= 0.3 is 0 Å². The predicted octanol–water partition coefficient (Wildman–Crippen LogP) is 6.21. The number of anilines is 2. The van der Waals surface area contributed by atoms with Crippen molar-refractivity contribution in [3.05, 3.63) is 73.1 Å². The number of ether oxygens (including phenoxy) is 2. The maximum atomic E-state index is 5.66. The molecule has 0 aliphatic heterocycles. The second-order valence-electron chi connectivity index (χ2n) is 6.95. The number of benzene rings is 2. The number of aromatic nitrogens is 2. The van der Waals surface area contributed by atoms with Crippen LogP contribution in [0.1, 0.15) is 0 Å². The molecule has 0 aliphatic carbocycles. The van der Waals surface area contributed by atoms with Crippen LogP contribution in [0.15, 0.2) is 73.1 Å². The number of hydrogen-bond donors (Lipinski definition) is 2. The van der Waals surface area contributed by atoms with E-state index in [9.17, 15) is 0 Å². The smallest absolute Gasteiger partial charge is 0.119 e. The van der Waals surface area contributed by atoms with Crippen LogP contribution in [-0.4, -0.2) is 30.3 Å². The third kappa shape index (κ3) is 3.75. The quantitative estimate of drug-likeness (QED) is 0.310. The Bertz CT molecular complexity index is 1290. The van der Waals surface area contributed by atoms with Crippen LogP contribution in [0, 0.1) is 0 Å². The Kier molecular flexibility index (Phi) is 5.09. The molecule has 2 N–H and O–H groups in total. The van der Waals surface area contributed by atoms with Crippen molar-refractivity contribution >= 4 is 43.8 Å². The van der Waals surface area contributed by atoms with E-state index in [1.807, 2.05) is 30.6 Å². The maximum absolute atomic E-state index is 5.66. The van der Waals surface area contributed by atoms with Crippen LogP contribution in [-0.2, 0) is 4.74 Å². The van der Waals surface area contributed by atoms with Gasteiger partial charge in [-0.2, -0.15) is 0 Å². The largest absolute Gasteiger partial charge is 0.491 e. The summed E-state index contributed by atoms with van der Waals surface area (Å²) in [4.78, 5) is 8.97. The second-order valence-corrected chi connectivity index (χ2v) is 8.01. The minimum atomic E-state index is 0.548. The molecule has 3 aromatic heterocycles. The molecule has 0 saturated carbocycles. The lowest BCUT2D eigenvalue weighted by Crippen LogP contribution is -2.03. The number of H-pyrrole nitrogens is 1. The molecular formula is C24H21N3O2S. The van der Waals surface area contributed by atoms with Crippen LogP contribution >= 0.6 is 11.3 Å². The summed E-state index contributed by atoms with van der Waals surface area (Å²) in [7, 11) is 1.67. The topological polar surface area (TPSA) is 59.2 Å². The van der Waals surface area contributed by atoms with E-state index in [0.29, 0.717) is 13.2 Å². The third-order valence-electron chi connectivity index (χ3n) is 4.94. The molecule has 5 nitrogen and oxygen atoms in total. The normalized spacial score (nSPS) is 11.2. The zero-order valence-electron chi connectivity index (χ0n) is 16.5. The number of fused-ring (bicyclic) bond motifs is 2. The van der Waals surface area contributed by atoms with Gasteiger partial charge in [0.1, 0.15) is 12.4 Å². The van der Waals surface area contributed by atoms with Gasteiger partial charge in [-0.3, -0.25) is 4.98 Å². The molecule has 0 fully saturated rings. The summed E-state index contributed by atoms with van der Waals surface area (Å²) in [5.74, 6) is 0.845. The lowest BCUT2D eigenvalue weighted by molar-refractivity contribution is 0.146. The zero-order valence-corrected chi connectivity index (χ0v) is 17.3. The van der Waals surface area contributed by atoms with E-state index >= 15 is 0 Å². The van der Waals surface area contributed by atoms with Crippen molar-refractivity contribution in [2.75, 3.05) is 25.6 Å². The lowest BCUT2D eigenvalue weighted by atomic mass is 10.2. The van der Waals surface area contributed by atoms with E-state index in [4.69, 9.17) is 9.47 Å². The molecule has 0 unspecified atom stereocenters. The number of nitrogens with one attached hydrogen (secondary N) is 2. The number of thiophene rings is 1. The van der Waals surface area contributed by atoms with E-state index in [2.05, 4.69) is 57.7 Å². The Morgan fingerprint density at radius 1 is 1.00 bits per heavy atom. The Morgan fingerprint density at radius 3 is 2.77 bits per heavy atom. The third-order valence-corrected chi connectivity index (χ3v) is 6.15. The molecule has 0 amide bonds. The summed E-state index contributed by atoms with van der Waals surface area (Å²) in [6.45, 7) is 1.13. The van der Waals surface area contributed by atoms with Crippen molar-refractivity contribution in [2.24, 2.45) is 0 Å². The van der Waals surface area contributed by atoms with Crippen molar-refractivity contribution in [1.29, 1.82) is 0 Å². The van der Waals surface area contributed by atoms with Gasteiger partial charge in [0.05, 0.1) is 22.5 Å². The average molecular weight is 416 g/mol. The second kappa shape index (κ2) is 8.18. The fraction of sp³-hybridized carbons (Fsp3) is 0.125. The van der Waals surface area contributed by atoms with Crippen LogP contribution in [0.25, 0.3) is 31.6 Å². The molecule has 0 saturated heterocycles. The molecule has 6 heteroatoms. The summed E-state index contributed by atoms with van der Waals surface area (Å²) in [6, 6.07) is 20.7. The van der Waals surface area contributed by atoms with Crippen molar-refractivity contribution in [3.63, 3.8) is 0 Å². The molecule has 0 radical (unpaired) electrons. The van der Waals surface area contributed by atoms with E-state index in [0.717, 1.165) is 38.4 Å². The average Bonchev–Trinajstić information content (AvgIpc) is 3.41. The summed E-state index contributed by atoms with van der Waals surface area (Å²) >= 11 is 1.74. The van der Waals surface area contributed by atoms with Crippen LogP contribution in [0.4, 0.5) is 11.4 Å². The number of aromatic amines is 1. The van der Waals surface area contributed by atoms with Gasteiger partial charge in [0.25, 0.3) is 0 Å². The number of methoxy groups -OCH3 is 1. The van der Waals surface area contributed by atoms with Gasteiger partial charge in [0.2, 0.25) is 0 Å². The summed E-state index contributed by atoms with van der Waals surface area (Å²) in [6.07, 6.45) is 3.81. The van der Waals surface area contributed by atoms with Crippen molar-refractivity contribution in [3.8, 4) is 16.2 Å². The van der Waals surface area contributed by atoms with Gasteiger partial charge in [-0.1, -0.05) is 0 Å². The summed E-state index contributed by atoms with van der Waals surface area (Å²) < 4.78 is 11.8.